The Balaban J connectivity index is 1.52. The maximum atomic E-state index is 12.6. The standard InChI is InChI=1S/C17H13N5OS2/c1-11-15(25-17(20-11)12-6-7-24-8-12)16(23)21-13-2-4-14(5-3-13)22-10-18-9-19-22/h2-10H,1H3,(H,21,23). The highest BCUT2D eigenvalue weighted by Gasteiger charge is 2.16. The summed E-state index contributed by atoms with van der Waals surface area (Å²) in [6.45, 7) is 1.86. The van der Waals surface area contributed by atoms with Crippen LogP contribution >= 0.6 is 22.7 Å². The van der Waals surface area contributed by atoms with Gasteiger partial charge in [0.15, 0.2) is 0 Å². The summed E-state index contributed by atoms with van der Waals surface area (Å²) in [5, 5.41) is 11.9. The van der Waals surface area contributed by atoms with Gasteiger partial charge < -0.3 is 5.32 Å². The van der Waals surface area contributed by atoms with E-state index in [9.17, 15) is 4.79 Å². The first-order chi connectivity index (χ1) is 12.2. The molecule has 25 heavy (non-hydrogen) atoms. The van der Waals surface area contributed by atoms with Crippen LogP contribution in [0.3, 0.4) is 0 Å². The third-order valence-corrected chi connectivity index (χ3v) is 5.47. The third kappa shape index (κ3) is 3.21. The van der Waals surface area contributed by atoms with Gasteiger partial charge in [0.2, 0.25) is 0 Å². The van der Waals surface area contributed by atoms with Gasteiger partial charge in [0, 0.05) is 16.6 Å². The van der Waals surface area contributed by atoms with Crippen LogP contribution in [-0.4, -0.2) is 25.7 Å². The van der Waals surface area contributed by atoms with Gasteiger partial charge in [-0.1, -0.05) is 0 Å². The Hall–Kier alpha value is -2.84. The molecule has 0 atom stereocenters. The zero-order chi connectivity index (χ0) is 17.2. The summed E-state index contributed by atoms with van der Waals surface area (Å²) >= 11 is 3.02. The van der Waals surface area contributed by atoms with Crippen LogP contribution in [-0.2, 0) is 0 Å². The molecule has 124 valence electrons. The molecule has 0 saturated carbocycles. The van der Waals surface area contributed by atoms with E-state index in [1.807, 2.05) is 48.0 Å². The number of hydrogen-bond acceptors (Lipinski definition) is 6. The molecule has 0 fully saturated rings. The molecule has 0 spiro atoms. The van der Waals surface area contributed by atoms with Crippen LogP contribution in [0.15, 0.2) is 53.7 Å². The predicted molar refractivity (Wildman–Crippen MR) is 99.5 cm³/mol. The normalized spacial score (nSPS) is 10.8. The number of thiophene rings is 1. The van der Waals surface area contributed by atoms with Crippen LogP contribution < -0.4 is 5.32 Å². The van der Waals surface area contributed by atoms with Gasteiger partial charge in [-0.3, -0.25) is 4.79 Å². The van der Waals surface area contributed by atoms with Crippen LogP contribution in [0.1, 0.15) is 15.4 Å². The number of rotatable bonds is 4. The van der Waals surface area contributed by atoms with Gasteiger partial charge in [-0.15, -0.1) is 11.3 Å². The largest absolute Gasteiger partial charge is 0.321 e. The van der Waals surface area contributed by atoms with Crippen molar-refractivity contribution in [1.82, 2.24) is 19.7 Å². The smallest absolute Gasteiger partial charge is 0.267 e. The van der Waals surface area contributed by atoms with E-state index in [0.29, 0.717) is 4.88 Å². The van der Waals surface area contributed by atoms with E-state index >= 15 is 0 Å². The van der Waals surface area contributed by atoms with Gasteiger partial charge >= 0.3 is 0 Å². The van der Waals surface area contributed by atoms with E-state index in [0.717, 1.165) is 27.6 Å². The Morgan fingerprint density at radius 2 is 2.04 bits per heavy atom. The maximum absolute atomic E-state index is 12.6. The summed E-state index contributed by atoms with van der Waals surface area (Å²) < 4.78 is 1.66. The Labute approximate surface area is 151 Å². The zero-order valence-corrected chi connectivity index (χ0v) is 14.8. The van der Waals surface area contributed by atoms with Crippen LogP contribution in [0.4, 0.5) is 5.69 Å². The molecular formula is C17H13N5OS2. The van der Waals surface area contributed by atoms with Crippen molar-refractivity contribution in [2.75, 3.05) is 5.32 Å². The lowest BCUT2D eigenvalue weighted by Gasteiger charge is -2.05. The number of thiazole rings is 1. The molecule has 4 rings (SSSR count). The molecule has 0 saturated heterocycles. The lowest BCUT2D eigenvalue weighted by molar-refractivity contribution is 0.103. The van der Waals surface area contributed by atoms with Crippen LogP contribution in [0, 0.1) is 6.92 Å². The number of anilines is 1. The molecule has 1 amide bonds. The number of amides is 1. The minimum atomic E-state index is -0.148. The second-order valence-electron chi connectivity index (χ2n) is 5.29. The fourth-order valence-electron chi connectivity index (χ4n) is 2.34. The van der Waals surface area contributed by atoms with E-state index in [-0.39, 0.29) is 5.91 Å². The summed E-state index contributed by atoms with van der Waals surface area (Å²) in [4.78, 5) is 21.6. The van der Waals surface area contributed by atoms with Crippen molar-refractivity contribution in [1.29, 1.82) is 0 Å². The van der Waals surface area contributed by atoms with Gasteiger partial charge in [0.25, 0.3) is 5.91 Å². The first-order valence-corrected chi connectivity index (χ1v) is 9.23. The third-order valence-electron chi connectivity index (χ3n) is 3.58. The second kappa shape index (κ2) is 6.58. The van der Waals surface area contributed by atoms with Crippen molar-refractivity contribution >= 4 is 34.3 Å². The van der Waals surface area contributed by atoms with E-state index in [1.165, 1.54) is 17.7 Å². The van der Waals surface area contributed by atoms with Crippen LogP contribution in [0.5, 0.6) is 0 Å². The number of nitrogens with zero attached hydrogens (tertiary/aromatic N) is 4. The molecule has 1 N–H and O–H groups in total. The summed E-state index contributed by atoms with van der Waals surface area (Å²) in [7, 11) is 0. The molecule has 0 aliphatic carbocycles. The van der Waals surface area contributed by atoms with Crippen molar-refractivity contribution < 1.29 is 4.79 Å². The molecule has 3 aromatic heterocycles. The Kier molecular flexibility index (Phi) is 4.12. The molecule has 0 bridgehead atoms. The first kappa shape index (κ1) is 15.7. The summed E-state index contributed by atoms with van der Waals surface area (Å²) in [6, 6.07) is 9.44. The van der Waals surface area contributed by atoms with E-state index in [2.05, 4.69) is 20.4 Å². The molecule has 1 aromatic carbocycles. The quantitative estimate of drug-likeness (QED) is 0.591. The monoisotopic (exact) mass is 367 g/mol. The summed E-state index contributed by atoms with van der Waals surface area (Å²) in [6.07, 6.45) is 3.10. The Morgan fingerprint density at radius 3 is 2.72 bits per heavy atom. The minimum absolute atomic E-state index is 0.148. The number of aryl methyl sites for hydroxylation is 1. The number of benzene rings is 1. The minimum Gasteiger partial charge on any atom is -0.321 e. The predicted octanol–water partition coefficient (Wildman–Crippen LogP) is 4.01. The lowest BCUT2D eigenvalue weighted by Crippen LogP contribution is -2.11. The number of carbonyl (C=O) groups excluding carboxylic acids is 1. The van der Waals surface area contributed by atoms with Crippen molar-refractivity contribution in [3.63, 3.8) is 0 Å². The topological polar surface area (TPSA) is 72.7 Å². The van der Waals surface area contributed by atoms with Crippen LogP contribution in [0.2, 0.25) is 0 Å². The zero-order valence-electron chi connectivity index (χ0n) is 13.2. The first-order valence-electron chi connectivity index (χ1n) is 7.47. The van der Waals surface area contributed by atoms with E-state index < -0.39 is 0 Å². The lowest BCUT2D eigenvalue weighted by atomic mass is 10.2. The Bertz CT molecular complexity index is 989. The van der Waals surface area contributed by atoms with Gasteiger partial charge in [0.05, 0.1) is 11.4 Å². The van der Waals surface area contributed by atoms with Crippen molar-refractivity contribution in [2.24, 2.45) is 0 Å². The Morgan fingerprint density at radius 1 is 1.20 bits per heavy atom. The molecule has 0 aliphatic rings. The van der Waals surface area contributed by atoms with E-state index in [1.54, 1.807) is 22.3 Å². The van der Waals surface area contributed by atoms with Crippen LogP contribution in [0.25, 0.3) is 16.3 Å². The number of aromatic nitrogens is 4. The highest BCUT2D eigenvalue weighted by Crippen LogP contribution is 2.29. The summed E-state index contributed by atoms with van der Waals surface area (Å²) in [5.74, 6) is -0.148. The molecule has 4 aromatic rings. The molecular weight excluding hydrogens is 354 g/mol. The van der Waals surface area contributed by atoms with Gasteiger partial charge in [-0.05, 0) is 42.6 Å². The molecule has 6 nitrogen and oxygen atoms in total. The number of carbonyl (C=O) groups is 1. The molecule has 0 unspecified atom stereocenters. The molecule has 3 heterocycles. The average molecular weight is 367 g/mol. The SMILES string of the molecule is Cc1nc(-c2ccsc2)sc1C(=O)Nc1ccc(-n2cncn2)cc1. The van der Waals surface area contributed by atoms with Gasteiger partial charge in [-0.2, -0.15) is 16.4 Å². The molecule has 0 radical (unpaired) electrons. The van der Waals surface area contributed by atoms with Crippen molar-refractivity contribution in [3.05, 3.63) is 64.3 Å². The fraction of sp³-hybridized carbons (Fsp3) is 0.0588. The highest BCUT2D eigenvalue weighted by atomic mass is 32.1. The van der Waals surface area contributed by atoms with Gasteiger partial charge in [0.1, 0.15) is 22.5 Å². The highest BCUT2D eigenvalue weighted by molar-refractivity contribution is 7.17. The summed E-state index contributed by atoms with van der Waals surface area (Å²) in [5.41, 5.74) is 3.39. The number of nitrogens with one attached hydrogen (secondary N) is 1. The average Bonchev–Trinajstić information content (AvgIpc) is 3.37. The fourth-order valence-corrected chi connectivity index (χ4v) is 4.02. The second-order valence-corrected chi connectivity index (χ2v) is 7.07. The molecule has 0 aliphatic heterocycles. The number of hydrogen-bond donors (Lipinski definition) is 1. The van der Waals surface area contributed by atoms with Crippen molar-refractivity contribution in [3.8, 4) is 16.3 Å². The maximum Gasteiger partial charge on any atom is 0.267 e. The van der Waals surface area contributed by atoms with E-state index in [4.69, 9.17) is 0 Å². The molecule has 8 heteroatoms. The van der Waals surface area contributed by atoms with Crippen molar-refractivity contribution in [2.45, 2.75) is 6.92 Å². The van der Waals surface area contributed by atoms with Gasteiger partial charge in [-0.25, -0.2) is 14.6 Å².